The van der Waals surface area contributed by atoms with Gasteiger partial charge < -0.3 is 16.4 Å². The van der Waals surface area contributed by atoms with Crippen LogP contribution in [-0.2, 0) is 16.1 Å². The number of nitrogen functional groups attached to an aromatic ring is 1. The highest BCUT2D eigenvalue weighted by molar-refractivity contribution is 5.76. The van der Waals surface area contributed by atoms with E-state index in [1.54, 1.807) is 6.20 Å². The molecule has 7 nitrogen and oxygen atoms in total. The van der Waals surface area contributed by atoms with E-state index in [9.17, 15) is 9.59 Å². The Labute approximate surface area is 93.0 Å². The second-order valence-electron chi connectivity index (χ2n) is 3.30. The average Bonchev–Trinajstić information content (AvgIpc) is 2.58. The van der Waals surface area contributed by atoms with Crippen molar-refractivity contribution in [3.8, 4) is 0 Å². The lowest BCUT2D eigenvalue weighted by Gasteiger charge is -2.05. The fourth-order valence-electron chi connectivity index (χ4n) is 1.11. The number of anilines is 1. The molecule has 1 aromatic heterocycles. The van der Waals surface area contributed by atoms with Gasteiger partial charge in [0.15, 0.2) is 0 Å². The molecule has 2 amide bonds. The Bertz CT molecular complexity index is 374. The Morgan fingerprint density at radius 1 is 1.44 bits per heavy atom. The zero-order valence-corrected chi connectivity index (χ0v) is 9.06. The summed E-state index contributed by atoms with van der Waals surface area (Å²) in [6.07, 6.45) is 3.05. The molecule has 0 fully saturated rings. The van der Waals surface area contributed by atoms with Crippen molar-refractivity contribution < 1.29 is 9.59 Å². The maximum atomic E-state index is 11.3. The minimum atomic E-state index is -0.173. The summed E-state index contributed by atoms with van der Waals surface area (Å²) in [6, 6.07) is 0. The first-order valence-electron chi connectivity index (χ1n) is 4.87. The number of carbonyl (C=O) groups is 2. The molecule has 0 atom stereocenters. The van der Waals surface area contributed by atoms with E-state index in [-0.39, 0.29) is 18.4 Å². The van der Waals surface area contributed by atoms with Gasteiger partial charge in [0.2, 0.25) is 11.8 Å². The van der Waals surface area contributed by atoms with Crippen LogP contribution in [0.5, 0.6) is 0 Å². The molecule has 1 heterocycles. The molecular formula is C9H15N5O2. The summed E-state index contributed by atoms with van der Waals surface area (Å²) in [5.41, 5.74) is 5.97. The number of amides is 2. The Balaban J connectivity index is 2.18. The third kappa shape index (κ3) is 4.45. The molecule has 1 rings (SSSR count). The molecule has 16 heavy (non-hydrogen) atoms. The highest BCUT2D eigenvalue weighted by Crippen LogP contribution is 1.96. The summed E-state index contributed by atoms with van der Waals surface area (Å²) in [4.78, 5) is 21.9. The molecule has 0 aliphatic rings. The summed E-state index contributed by atoms with van der Waals surface area (Å²) in [5.74, 6) is -0.289. The summed E-state index contributed by atoms with van der Waals surface area (Å²) in [7, 11) is 0. The van der Waals surface area contributed by atoms with Crippen LogP contribution in [0, 0.1) is 0 Å². The van der Waals surface area contributed by atoms with Crippen molar-refractivity contribution in [3.63, 3.8) is 0 Å². The lowest BCUT2D eigenvalue weighted by Crippen LogP contribution is -2.35. The first kappa shape index (κ1) is 12.0. The average molecular weight is 225 g/mol. The van der Waals surface area contributed by atoms with E-state index in [0.717, 1.165) is 0 Å². The molecule has 1 aromatic rings. The second-order valence-corrected chi connectivity index (χ2v) is 3.30. The van der Waals surface area contributed by atoms with Gasteiger partial charge in [-0.3, -0.25) is 14.3 Å². The van der Waals surface area contributed by atoms with Crippen molar-refractivity contribution in [1.82, 2.24) is 20.4 Å². The smallest absolute Gasteiger partial charge is 0.241 e. The predicted octanol–water partition coefficient (Wildman–Crippen LogP) is -1.28. The van der Waals surface area contributed by atoms with E-state index < -0.39 is 0 Å². The monoisotopic (exact) mass is 225 g/mol. The Morgan fingerprint density at radius 2 is 2.12 bits per heavy atom. The summed E-state index contributed by atoms with van der Waals surface area (Å²) in [5, 5.41) is 9.09. The van der Waals surface area contributed by atoms with Crippen LogP contribution in [0.3, 0.4) is 0 Å². The minimum Gasteiger partial charge on any atom is -0.396 e. The van der Waals surface area contributed by atoms with Gasteiger partial charge in [0, 0.05) is 26.2 Å². The van der Waals surface area contributed by atoms with Gasteiger partial charge in [-0.2, -0.15) is 5.10 Å². The van der Waals surface area contributed by atoms with E-state index in [4.69, 9.17) is 5.73 Å². The van der Waals surface area contributed by atoms with Gasteiger partial charge in [0.05, 0.1) is 11.9 Å². The first-order chi connectivity index (χ1) is 7.58. The normalized spacial score (nSPS) is 9.81. The summed E-state index contributed by atoms with van der Waals surface area (Å²) >= 11 is 0. The molecule has 0 aliphatic carbocycles. The SMILES string of the molecule is CC(=O)NCCNC(=O)Cn1cc(N)cn1. The van der Waals surface area contributed by atoms with Crippen molar-refractivity contribution in [2.75, 3.05) is 18.8 Å². The predicted molar refractivity (Wildman–Crippen MR) is 58.3 cm³/mol. The molecule has 7 heteroatoms. The van der Waals surface area contributed by atoms with Crippen LogP contribution in [0.15, 0.2) is 12.4 Å². The van der Waals surface area contributed by atoms with Crippen LogP contribution < -0.4 is 16.4 Å². The number of carbonyl (C=O) groups excluding carboxylic acids is 2. The lowest BCUT2D eigenvalue weighted by molar-refractivity contribution is -0.122. The van der Waals surface area contributed by atoms with Crippen molar-refractivity contribution in [3.05, 3.63) is 12.4 Å². The number of hydrogen-bond acceptors (Lipinski definition) is 4. The molecule has 0 unspecified atom stereocenters. The Kier molecular flexibility index (Phi) is 4.31. The number of hydrogen-bond donors (Lipinski definition) is 3. The van der Waals surface area contributed by atoms with Crippen molar-refractivity contribution >= 4 is 17.5 Å². The standard InChI is InChI=1S/C9H15N5O2/c1-7(15)11-2-3-12-9(16)6-14-5-8(10)4-13-14/h4-5H,2-3,6,10H2,1H3,(H,11,15)(H,12,16). The van der Waals surface area contributed by atoms with E-state index >= 15 is 0 Å². The molecule has 0 spiro atoms. The van der Waals surface area contributed by atoms with Gasteiger partial charge in [-0.1, -0.05) is 0 Å². The van der Waals surface area contributed by atoms with Gasteiger partial charge in [-0.05, 0) is 0 Å². The van der Waals surface area contributed by atoms with E-state index in [1.165, 1.54) is 17.8 Å². The number of nitrogens with zero attached hydrogens (tertiary/aromatic N) is 2. The van der Waals surface area contributed by atoms with Crippen LogP contribution in [0.25, 0.3) is 0 Å². The van der Waals surface area contributed by atoms with Gasteiger partial charge >= 0.3 is 0 Å². The molecular weight excluding hydrogens is 210 g/mol. The van der Waals surface area contributed by atoms with Crippen molar-refractivity contribution in [2.24, 2.45) is 0 Å². The topological polar surface area (TPSA) is 102 Å². The largest absolute Gasteiger partial charge is 0.396 e. The van der Waals surface area contributed by atoms with E-state index in [0.29, 0.717) is 18.8 Å². The third-order valence-corrected chi connectivity index (χ3v) is 1.78. The maximum absolute atomic E-state index is 11.3. The molecule has 0 bridgehead atoms. The molecule has 0 saturated carbocycles. The lowest BCUT2D eigenvalue weighted by atomic mass is 10.5. The maximum Gasteiger partial charge on any atom is 0.241 e. The van der Waals surface area contributed by atoms with Crippen LogP contribution in [0.4, 0.5) is 5.69 Å². The third-order valence-electron chi connectivity index (χ3n) is 1.78. The molecule has 0 radical (unpaired) electrons. The quantitative estimate of drug-likeness (QED) is 0.543. The molecule has 0 aromatic carbocycles. The van der Waals surface area contributed by atoms with Gasteiger partial charge in [-0.15, -0.1) is 0 Å². The zero-order chi connectivity index (χ0) is 12.0. The van der Waals surface area contributed by atoms with Gasteiger partial charge in [0.25, 0.3) is 0 Å². The van der Waals surface area contributed by atoms with Gasteiger partial charge in [0.1, 0.15) is 6.54 Å². The number of nitrogens with two attached hydrogens (primary N) is 1. The molecule has 4 N–H and O–H groups in total. The fraction of sp³-hybridized carbons (Fsp3) is 0.444. The van der Waals surface area contributed by atoms with E-state index in [1.807, 2.05) is 0 Å². The van der Waals surface area contributed by atoms with Crippen LogP contribution >= 0.6 is 0 Å². The van der Waals surface area contributed by atoms with Crippen molar-refractivity contribution in [1.29, 1.82) is 0 Å². The van der Waals surface area contributed by atoms with Crippen LogP contribution in [-0.4, -0.2) is 34.7 Å². The molecule has 0 aliphatic heterocycles. The summed E-state index contributed by atoms with van der Waals surface area (Å²) < 4.78 is 1.45. The highest BCUT2D eigenvalue weighted by Gasteiger charge is 2.02. The number of aromatic nitrogens is 2. The number of rotatable bonds is 5. The van der Waals surface area contributed by atoms with Crippen molar-refractivity contribution in [2.45, 2.75) is 13.5 Å². The first-order valence-corrected chi connectivity index (χ1v) is 4.87. The molecule has 0 saturated heterocycles. The second kappa shape index (κ2) is 5.74. The Hall–Kier alpha value is -2.05. The van der Waals surface area contributed by atoms with Crippen LogP contribution in [0.2, 0.25) is 0 Å². The fourth-order valence-corrected chi connectivity index (χ4v) is 1.11. The minimum absolute atomic E-state index is 0.117. The zero-order valence-electron chi connectivity index (χ0n) is 9.06. The van der Waals surface area contributed by atoms with Gasteiger partial charge in [-0.25, -0.2) is 0 Å². The van der Waals surface area contributed by atoms with E-state index in [2.05, 4.69) is 15.7 Å². The number of nitrogens with one attached hydrogen (secondary N) is 2. The summed E-state index contributed by atoms with van der Waals surface area (Å²) in [6.45, 7) is 2.36. The van der Waals surface area contributed by atoms with Crippen LogP contribution in [0.1, 0.15) is 6.92 Å². The Morgan fingerprint density at radius 3 is 2.69 bits per heavy atom. The highest BCUT2D eigenvalue weighted by atomic mass is 16.2. The molecule has 88 valence electrons.